The smallest absolute Gasteiger partial charge is 0.273 e. The van der Waals surface area contributed by atoms with Crippen LogP contribution in [-0.4, -0.2) is 26.8 Å². The summed E-state index contributed by atoms with van der Waals surface area (Å²) in [5.74, 6) is 0.292. The lowest BCUT2D eigenvalue weighted by molar-refractivity contribution is 0.0945. The van der Waals surface area contributed by atoms with Crippen LogP contribution in [0.4, 0.5) is 0 Å². The summed E-state index contributed by atoms with van der Waals surface area (Å²) in [6.45, 7) is 12.8. The van der Waals surface area contributed by atoms with Gasteiger partial charge in [-0.1, -0.05) is 58.0 Å². The number of nitrogens with zero attached hydrogens (tertiary/aromatic N) is 3. The van der Waals surface area contributed by atoms with Crippen LogP contribution in [0.3, 0.4) is 0 Å². The first-order valence-corrected chi connectivity index (χ1v) is 11.2. The second kappa shape index (κ2) is 10.6. The number of oxazole rings is 1. The molecule has 0 saturated heterocycles. The number of amides is 1. The summed E-state index contributed by atoms with van der Waals surface area (Å²) in [4.78, 5) is 23.3. The molecular formula is C26H34N4O2. The predicted octanol–water partition coefficient (Wildman–Crippen LogP) is 5.10. The number of hydrogen-bond donors (Lipinski definition) is 1. The van der Waals surface area contributed by atoms with E-state index in [2.05, 4.69) is 79.1 Å². The van der Waals surface area contributed by atoms with E-state index in [1.165, 1.54) is 17.4 Å². The molecule has 2 aromatic heterocycles. The zero-order valence-corrected chi connectivity index (χ0v) is 19.8. The van der Waals surface area contributed by atoms with Gasteiger partial charge in [0.15, 0.2) is 5.69 Å². The van der Waals surface area contributed by atoms with Crippen molar-refractivity contribution in [2.45, 2.75) is 72.1 Å². The van der Waals surface area contributed by atoms with Crippen LogP contribution in [0, 0.1) is 0 Å². The zero-order valence-electron chi connectivity index (χ0n) is 19.8. The van der Waals surface area contributed by atoms with Crippen molar-refractivity contribution in [1.82, 2.24) is 20.2 Å². The number of carbonyl (C=O) groups is 1. The van der Waals surface area contributed by atoms with Gasteiger partial charge in [0, 0.05) is 31.5 Å². The molecule has 6 nitrogen and oxygen atoms in total. The van der Waals surface area contributed by atoms with Gasteiger partial charge in [-0.3, -0.25) is 14.7 Å². The van der Waals surface area contributed by atoms with Crippen molar-refractivity contribution in [2.24, 2.45) is 0 Å². The number of nitrogens with one attached hydrogen (secondary N) is 1. The molecule has 6 heteroatoms. The monoisotopic (exact) mass is 434 g/mol. The molecule has 3 aromatic rings. The van der Waals surface area contributed by atoms with Crippen molar-refractivity contribution in [1.29, 1.82) is 0 Å². The zero-order chi connectivity index (χ0) is 23.1. The molecule has 1 N–H and O–H groups in total. The molecular weight excluding hydrogens is 400 g/mol. The van der Waals surface area contributed by atoms with Gasteiger partial charge in [0.25, 0.3) is 5.91 Å². The van der Waals surface area contributed by atoms with Crippen molar-refractivity contribution in [3.8, 4) is 0 Å². The third kappa shape index (κ3) is 6.50. The lowest BCUT2D eigenvalue weighted by Crippen LogP contribution is -2.32. The fourth-order valence-corrected chi connectivity index (χ4v) is 3.41. The van der Waals surface area contributed by atoms with E-state index in [1.807, 2.05) is 12.1 Å². The standard InChI is InChI=1S/C26H34N4O2/c1-6-19(2)30(16-20-9-11-22(12-10-20)26(3,4)5)17-24-29-23(18-32-24)25(31)28-15-21-8-7-13-27-14-21/h7-14,18-19H,6,15-17H2,1-5H3,(H,28,31). The minimum atomic E-state index is -0.253. The van der Waals surface area contributed by atoms with Gasteiger partial charge in [-0.2, -0.15) is 0 Å². The SMILES string of the molecule is CCC(C)N(Cc1ccc(C(C)(C)C)cc1)Cc1nc(C(=O)NCc2cccnc2)co1. The summed E-state index contributed by atoms with van der Waals surface area (Å²) in [5, 5.41) is 2.86. The number of hydrogen-bond acceptors (Lipinski definition) is 5. The van der Waals surface area contributed by atoms with Crippen LogP contribution < -0.4 is 5.32 Å². The van der Waals surface area contributed by atoms with Gasteiger partial charge < -0.3 is 9.73 Å². The lowest BCUT2D eigenvalue weighted by atomic mass is 9.87. The quantitative estimate of drug-likeness (QED) is 0.507. The molecule has 1 aromatic carbocycles. The number of pyridine rings is 1. The Bertz CT molecular complexity index is 991. The molecule has 0 fully saturated rings. The third-order valence-corrected chi connectivity index (χ3v) is 5.72. The van der Waals surface area contributed by atoms with Crippen molar-refractivity contribution in [3.63, 3.8) is 0 Å². The van der Waals surface area contributed by atoms with E-state index in [0.29, 0.717) is 30.7 Å². The molecule has 0 bridgehead atoms. The maximum absolute atomic E-state index is 12.4. The van der Waals surface area contributed by atoms with Gasteiger partial charge in [0.2, 0.25) is 5.89 Å². The first kappa shape index (κ1) is 23.7. The Hall–Kier alpha value is -2.99. The van der Waals surface area contributed by atoms with Crippen LogP contribution in [0.25, 0.3) is 0 Å². The normalized spacial score (nSPS) is 12.7. The number of carbonyl (C=O) groups excluding carboxylic acids is 1. The van der Waals surface area contributed by atoms with Gasteiger partial charge in [0.05, 0.1) is 6.54 Å². The van der Waals surface area contributed by atoms with Crippen LogP contribution in [0.1, 0.15) is 74.1 Å². The Kier molecular flexibility index (Phi) is 7.80. The highest BCUT2D eigenvalue weighted by Crippen LogP contribution is 2.23. The first-order valence-electron chi connectivity index (χ1n) is 11.2. The van der Waals surface area contributed by atoms with E-state index >= 15 is 0 Å². The maximum Gasteiger partial charge on any atom is 0.273 e. The van der Waals surface area contributed by atoms with Crippen LogP contribution in [0.5, 0.6) is 0 Å². The van der Waals surface area contributed by atoms with E-state index < -0.39 is 0 Å². The molecule has 1 unspecified atom stereocenters. The Balaban J connectivity index is 1.63. The number of benzene rings is 1. The molecule has 2 heterocycles. The second-order valence-corrected chi connectivity index (χ2v) is 9.28. The van der Waals surface area contributed by atoms with Crippen molar-refractivity contribution >= 4 is 5.91 Å². The van der Waals surface area contributed by atoms with Gasteiger partial charge >= 0.3 is 0 Å². The van der Waals surface area contributed by atoms with E-state index in [4.69, 9.17) is 4.42 Å². The van der Waals surface area contributed by atoms with Gasteiger partial charge in [-0.15, -0.1) is 0 Å². The van der Waals surface area contributed by atoms with Crippen molar-refractivity contribution in [2.75, 3.05) is 0 Å². The minimum absolute atomic E-state index is 0.140. The molecule has 0 aliphatic rings. The molecule has 1 atom stereocenters. The molecule has 3 rings (SSSR count). The molecule has 0 saturated carbocycles. The Morgan fingerprint density at radius 1 is 1.12 bits per heavy atom. The second-order valence-electron chi connectivity index (χ2n) is 9.28. The molecule has 0 aliphatic carbocycles. The third-order valence-electron chi connectivity index (χ3n) is 5.72. The fraction of sp³-hybridized carbons (Fsp3) is 0.423. The summed E-state index contributed by atoms with van der Waals surface area (Å²) in [7, 11) is 0. The van der Waals surface area contributed by atoms with Gasteiger partial charge in [0.1, 0.15) is 6.26 Å². The fourth-order valence-electron chi connectivity index (χ4n) is 3.41. The number of aromatic nitrogens is 2. The van der Waals surface area contributed by atoms with E-state index in [1.54, 1.807) is 12.4 Å². The van der Waals surface area contributed by atoms with Crippen LogP contribution in [-0.2, 0) is 25.0 Å². The van der Waals surface area contributed by atoms with Crippen molar-refractivity contribution in [3.05, 3.63) is 83.3 Å². The minimum Gasteiger partial charge on any atom is -0.447 e. The molecule has 0 radical (unpaired) electrons. The Morgan fingerprint density at radius 2 is 1.88 bits per heavy atom. The summed E-state index contributed by atoms with van der Waals surface area (Å²) in [6.07, 6.45) is 5.88. The summed E-state index contributed by atoms with van der Waals surface area (Å²) in [6, 6.07) is 12.9. The van der Waals surface area contributed by atoms with Crippen molar-refractivity contribution < 1.29 is 9.21 Å². The average Bonchev–Trinajstić information content (AvgIpc) is 3.25. The van der Waals surface area contributed by atoms with E-state index in [9.17, 15) is 4.79 Å². The Labute approximate surface area is 191 Å². The summed E-state index contributed by atoms with van der Waals surface area (Å²) >= 11 is 0. The highest BCUT2D eigenvalue weighted by atomic mass is 16.3. The molecule has 0 aliphatic heterocycles. The summed E-state index contributed by atoms with van der Waals surface area (Å²) in [5.41, 5.74) is 3.94. The largest absolute Gasteiger partial charge is 0.447 e. The number of rotatable bonds is 9. The highest BCUT2D eigenvalue weighted by Gasteiger charge is 2.19. The maximum atomic E-state index is 12.4. The summed E-state index contributed by atoms with van der Waals surface area (Å²) < 4.78 is 5.64. The topological polar surface area (TPSA) is 71.3 Å². The first-order chi connectivity index (χ1) is 15.3. The van der Waals surface area contributed by atoms with E-state index in [0.717, 1.165) is 18.5 Å². The van der Waals surface area contributed by atoms with Crippen LogP contribution in [0.15, 0.2) is 59.5 Å². The van der Waals surface area contributed by atoms with Gasteiger partial charge in [-0.25, -0.2) is 4.98 Å². The van der Waals surface area contributed by atoms with Crippen LogP contribution >= 0.6 is 0 Å². The lowest BCUT2D eigenvalue weighted by Gasteiger charge is -2.27. The predicted molar refractivity (Wildman–Crippen MR) is 126 cm³/mol. The average molecular weight is 435 g/mol. The highest BCUT2D eigenvalue weighted by molar-refractivity contribution is 5.91. The molecule has 1 amide bonds. The Morgan fingerprint density at radius 3 is 2.50 bits per heavy atom. The molecule has 0 spiro atoms. The molecule has 170 valence electrons. The van der Waals surface area contributed by atoms with E-state index in [-0.39, 0.29) is 11.3 Å². The van der Waals surface area contributed by atoms with Gasteiger partial charge in [-0.05, 0) is 41.5 Å². The van der Waals surface area contributed by atoms with Crippen LogP contribution in [0.2, 0.25) is 0 Å². The molecule has 32 heavy (non-hydrogen) atoms.